The van der Waals surface area contributed by atoms with Gasteiger partial charge in [0.05, 0.1) is 34.8 Å². The maximum absolute atomic E-state index is 14.7. The van der Waals surface area contributed by atoms with E-state index in [2.05, 4.69) is 0 Å². The number of nitrogens with zero attached hydrogens (tertiary/aromatic N) is 2. The van der Waals surface area contributed by atoms with Gasteiger partial charge in [-0.1, -0.05) is 48.5 Å². The van der Waals surface area contributed by atoms with Gasteiger partial charge in [0.15, 0.2) is 23.3 Å². The summed E-state index contributed by atoms with van der Waals surface area (Å²) < 4.78 is 0. The van der Waals surface area contributed by atoms with Crippen LogP contribution in [-0.2, 0) is 14.4 Å². The smallest absolute Gasteiger partial charge is 0.255 e. The van der Waals surface area contributed by atoms with Gasteiger partial charge in [0, 0.05) is 11.1 Å². The third-order valence-electron chi connectivity index (χ3n) is 9.93. The number of aromatic hydroxyl groups is 1. The molecule has 0 spiro atoms. The predicted octanol–water partition coefficient (Wildman–Crippen LogP) is -0.0337. The molecule has 240 valence electrons. The Morgan fingerprint density at radius 2 is 1.62 bits per heavy atom. The van der Waals surface area contributed by atoms with Crippen LogP contribution in [0.1, 0.15) is 27.5 Å². The van der Waals surface area contributed by atoms with Gasteiger partial charge in [0.2, 0.25) is 0 Å². The molecule has 1 fully saturated rings. The summed E-state index contributed by atoms with van der Waals surface area (Å²) in [5.74, 6) is -7.07. The van der Waals surface area contributed by atoms with Crippen LogP contribution in [0.15, 0.2) is 65.4 Å². The number of benzene rings is 3. The van der Waals surface area contributed by atoms with Crippen molar-refractivity contribution in [2.75, 3.05) is 14.1 Å². The second kappa shape index (κ2) is 10.0. The van der Waals surface area contributed by atoms with Crippen molar-refractivity contribution in [1.29, 1.82) is 5.26 Å². The second-order valence-electron chi connectivity index (χ2n) is 12.3. The number of likely N-dealkylation sites (N-methyl/N-ethyl adjacent to an activating group) is 1. The highest BCUT2D eigenvalue weighted by atomic mass is 16.3. The van der Waals surface area contributed by atoms with Gasteiger partial charge in [-0.2, -0.15) is 5.26 Å². The highest BCUT2D eigenvalue weighted by molar-refractivity contribution is 6.26. The molecule has 3 aliphatic carbocycles. The summed E-state index contributed by atoms with van der Waals surface area (Å²) >= 11 is 0. The first kappa shape index (κ1) is 31.5. The molecule has 3 aliphatic rings. The number of aliphatic hydroxyl groups excluding tert-OH is 3. The SMILES string of the molecule is CN(C)[C@@H]1C(=O)C(C(N)=O)=C(O)[C@@]2(C#N)C(=O)C3=C(O)c4c(ccc(-c5ccc(C=O)c6ccccc56)c4O)[C@H](N)[C@@]3(N)[C@H](O)[C@@]12N. The zero-order chi connectivity index (χ0) is 34.5. The highest BCUT2D eigenvalue weighted by Crippen LogP contribution is 2.60. The van der Waals surface area contributed by atoms with Gasteiger partial charge in [-0.15, -0.1) is 0 Å². The molecule has 6 rings (SSSR count). The van der Waals surface area contributed by atoms with E-state index < -0.39 is 80.6 Å². The minimum atomic E-state index is -3.09. The van der Waals surface area contributed by atoms with Crippen LogP contribution in [0.25, 0.3) is 27.7 Å². The lowest BCUT2D eigenvalue weighted by molar-refractivity contribution is -0.153. The third kappa shape index (κ3) is 3.49. The number of Topliss-reactive ketones (excluding diaryl/α,β-unsaturated/α-hetero) is 2. The van der Waals surface area contributed by atoms with E-state index in [1.807, 2.05) is 0 Å². The van der Waals surface area contributed by atoms with Crippen molar-refractivity contribution in [3.63, 3.8) is 0 Å². The number of aldehydes is 1. The van der Waals surface area contributed by atoms with Crippen molar-refractivity contribution >= 4 is 40.3 Å². The molecule has 0 saturated heterocycles. The Morgan fingerprint density at radius 1 is 1.00 bits per heavy atom. The molecule has 0 bridgehead atoms. The molecular weight excluding hydrogens is 608 g/mol. The Labute approximate surface area is 266 Å². The molecule has 0 aliphatic heterocycles. The maximum Gasteiger partial charge on any atom is 0.255 e. The number of carbonyl (C=O) groups excluding carboxylic acids is 4. The topological polar surface area (TPSA) is 280 Å². The summed E-state index contributed by atoms with van der Waals surface area (Å²) in [5, 5.41) is 58.8. The van der Waals surface area contributed by atoms with Crippen molar-refractivity contribution in [1.82, 2.24) is 4.90 Å². The second-order valence-corrected chi connectivity index (χ2v) is 12.3. The predicted molar refractivity (Wildman–Crippen MR) is 167 cm³/mol. The minimum absolute atomic E-state index is 0.0233. The van der Waals surface area contributed by atoms with Gasteiger partial charge in [-0.05, 0) is 36.0 Å². The van der Waals surface area contributed by atoms with E-state index in [-0.39, 0.29) is 16.7 Å². The van der Waals surface area contributed by atoms with Crippen LogP contribution >= 0.6 is 0 Å². The molecule has 0 aromatic heterocycles. The molecule has 3 aromatic rings. The van der Waals surface area contributed by atoms with Gasteiger partial charge in [-0.25, -0.2) is 0 Å². The molecule has 12 N–H and O–H groups in total. The first-order valence-electron chi connectivity index (χ1n) is 14.3. The van der Waals surface area contributed by atoms with Crippen molar-refractivity contribution < 1.29 is 39.6 Å². The number of phenols is 1. The average molecular weight is 639 g/mol. The average Bonchev–Trinajstić information content (AvgIpc) is 3.02. The number of fused-ring (bicyclic) bond motifs is 4. The third-order valence-corrected chi connectivity index (χ3v) is 9.93. The van der Waals surface area contributed by atoms with Crippen molar-refractivity contribution in [2.24, 2.45) is 28.3 Å². The first-order valence-corrected chi connectivity index (χ1v) is 14.3. The van der Waals surface area contributed by atoms with E-state index >= 15 is 0 Å². The fraction of sp³-hybridized carbons (Fsp3) is 0.242. The van der Waals surface area contributed by atoms with Gasteiger partial charge in [-0.3, -0.25) is 24.1 Å². The number of amides is 1. The van der Waals surface area contributed by atoms with E-state index in [1.54, 1.807) is 42.5 Å². The van der Waals surface area contributed by atoms with Crippen molar-refractivity contribution in [3.05, 3.63) is 82.1 Å². The number of ketones is 2. The van der Waals surface area contributed by atoms with Gasteiger partial charge in [0.1, 0.15) is 34.5 Å². The Kier molecular flexibility index (Phi) is 6.73. The molecule has 6 atom stereocenters. The molecule has 0 radical (unpaired) electrons. The summed E-state index contributed by atoms with van der Waals surface area (Å²) in [6.07, 6.45) is -1.63. The monoisotopic (exact) mass is 638 g/mol. The molecule has 14 heteroatoms. The summed E-state index contributed by atoms with van der Waals surface area (Å²) in [6, 6.07) is 11.1. The molecule has 14 nitrogen and oxygen atoms in total. The number of aliphatic hydroxyl groups is 3. The molecule has 0 heterocycles. The van der Waals surface area contributed by atoms with E-state index in [0.29, 0.717) is 28.2 Å². The van der Waals surface area contributed by atoms with Crippen LogP contribution < -0.4 is 22.9 Å². The molecular formula is C33H30N6O8. The molecule has 1 saturated carbocycles. The fourth-order valence-electron chi connectivity index (χ4n) is 7.76. The van der Waals surface area contributed by atoms with Gasteiger partial charge < -0.3 is 43.4 Å². The van der Waals surface area contributed by atoms with Crippen LogP contribution in [-0.4, -0.2) is 86.4 Å². The van der Waals surface area contributed by atoms with Crippen LogP contribution in [0, 0.1) is 16.7 Å². The Hall–Kier alpha value is -5.43. The fourth-order valence-corrected chi connectivity index (χ4v) is 7.76. The first-order chi connectivity index (χ1) is 22.1. The lowest BCUT2D eigenvalue weighted by Gasteiger charge is -2.62. The number of nitrogens with two attached hydrogens (primary N) is 4. The highest BCUT2D eigenvalue weighted by Gasteiger charge is 2.79. The summed E-state index contributed by atoms with van der Waals surface area (Å²) in [4.78, 5) is 53.5. The van der Waals surface area contributed by atoms with Crippen LogP contribution in [0.3, 0.4) is 0 Å². The number of rotatable bonds is 4. The Balaban J connectivity index is 1.70. The lowest BCUT2D eigenvalue weighted by atomic mass is 9.45. The van der Waals surface area contributed by atoms with E-state index in [9.17, 15) is 44.9 Å². The number of phenolic OH excluding ortho intramolecular Hbond substituents is 1. The Bertz CT molecular complexity index is 2100. The van der Waals surface area contributed by atoms with E-state index in [4.69, 9.17) is 22.9 Å². The quantitative estimate of drug-likeness (QED) is 0.138. The zero-order valence-corrected chi connectivity index (χ0v) is 25.1. The number of hydrogen-bond donors (Lipinski definition) is 8. The van der Waals surface area contributed by atoms with Crippen molar-refractivity contribution in [2.45, 2.75) is 29.3 Å². The van der Waals surface area contributed by atoms with Crippen LogP contribution in [0.5, 0.6) is 5.75 Å². The zero-order valence-electron chi connectivity index (χ0n) is 25.1. The van der Waals surface area contributed by atoms with Crippen LogP contribution in [0.4, 0.5) is 0 Å². The van der Waals surface area contributed by atoms with E-state index in [0.717, 1.165) is 4.90 Å². The minimum Gasteiger partial charge on any atom is -0.509 e. The summed E-state index contributed by atoms with van der Waals surface area (Å²) in [7, 11) is 2.65. The molecule has 3 aromatic carbocycles. The number of carbonyl (C=O) groups is 4. The normalized spacial score (nSPS) is 30.1. The standard InChI is InChI=1S/C33H30N6O8/c1-39(2)26-24(43)20(29(36)46)27(44)31(12-34)28(45)21-23(42)19-18(25(35)32(21,37)30(47)33(26,31)38)10-9-17(22(19)41)16-8-7-13(11-40)14-5-3-4-6-15(14)16/h3-11,25-26,30,41-42,44,47H,35,37-38H2,1-2H3,(H2,36,46)/t25-,26+,30-,31-,32+,33-/m0/s1. The number of primary amides is 1. The van der Waals surface area contributed by atoms with Gasteiger partial charge in [0.25, 0.3) is 5.91 Å². The van der Waals surface area contributed by atoms with E-state index in [1.165, 1.54) is 26.2 Å². The molecule has 0 unspecified atom stereocenters. The van der Waals surface area contributed by atoms with Crippen LogP contribution in [0.2, 0.25) is 0 Å². The maximum atomic E-state index is 14.7. The molecule has 1 amide bonds. The lowest BCUT2D eigenvalue weighted by Crippen LogP contribution is -2.87. The Morgan fingerprint density at radius 3 is 2.19 bits per heavy atom. The number of nitriles is 1. The largest absolute Gasteiger partial charge is 0.509 e. The van der Waals surface area contributed by atoms with Crippen molar-refractivity contribution in [3.8, 4) is 22.9 Å². The summed E-state index contributed by atoms with van der Waals surface area (Å²) in [6.45, 7) is 0. The number of hydrogen-bond acceptors (Lipinski definition) is 13. The van der Waals surface area contributed by atoms with Gasteiger partial charge >= 0.3 is 0 Å². The molecule has 47 heavy (non-hydrogen) atoms. The summed E-state index contributed by atoms with van der Waals surface area (Å²) in [5.41, 5.74) is 15.9.